The number of carbonyl (C=O) groups is 4. The van der Waals surface area contributed by atoms with Crippen LogP contribution in [0, 0.1) is 0 Å². The average Bonchev–Trinajstić information content (AvgIpc) is 3.14. The highest BCUT2D eigenvalue weighted by atomic mass is 16.2. The molecular formula is C26H20N2O4. The van der Waals surface area contributed by atoms with E-state index in [1.807, 2.05) is 48.5 Å². The van der Waals surface area contributed by atoms with Gasteiger partial charge in [0.1, 0.15) is 6.04 Å². The summed E-state index contributed by atoms with van der Waals surface area (Å²) in [6, 6.07) is 21.7. The predicted molar refractivity (Wildman–Crippen MR) is 118 cm³/mol. The van der Waals surface area contributed by atoms with Gasteiger partial charge in [-0.3, -0.25) is 24.5 Å². The standard InChI is InChI=1S/C26H20N2O4/c29-23-12-11-22(25(31)27-23)28-15-20-14-19(9-10-21(20)26(28)32)24(30)18-8-4-7-17(13-18)16-5-2-1-3-6-16/h1-10,13-14,22H,11-12,15H2,(H,27,29,31). The molecule has 1 N–H and O–H groups in total. The highest BCUT2D eigenvalue weighted by Gasteiger charge is 2.39. The fourth-order valence-corrected chi connectivity index (χ4v) is 4.35. The molecule has 2 aliphatic heterocycles. The van der Waals surface area contributed by atoms with E-state index >= 15 is 0 Å². The zero-order chi connectivity index (χ0) is 22.2. The predicted octanol–water partition coefficient (Wildman–Crippen LogP) is 3.35. The SMILES string of the molecule is O=C1CCC(N2Cc3cc(C(=O)c4cccc(-c5ccccc5)c4)ccc3C2=O)C(=O)N1. The number of carbonyl (C=O) groups excluding carboxylic acids is 4. The average molecular weight is 424 g/mol. The number of hydrogen-bond donors (Lipinski definition) is 1. The first kappa shape index (κ1) is 19.9. The van der Waals surface area contributed by atoms with E-state index in [4.69, 9.17) is 0 Å². The van der Waals surface area contributed by atoms with Gasteiger partial charge in [-0.1, -0.05) is 54.6 Å². The Morgan fingerprint density at radius 3 is 2.38 bits per heavy atom. The van der Waals surface area contributed by atoms with Crippen LogP contribution in [0.25, 0.3) is 11.1 Å². The van der Waals surface area contributed by atoms with Crippen molar-refractivity contribution in [3.63, 3.8) is 0 Å². The van der Waals surface area contributed by atoms with Crippen molar-refractivity contribution in [1.82, 2.24) is 10.2 Å². The van der Waals surface area contributed by atoms with Crippen molar-refractivity contribution in [1.29, 1.82) is 0 Å². The van der Waals surface area contributed by atoms with Gasteiger partial charge in [0.05, 0.1) is 0 Å². The molecule has 3 amide bonds. The Morgan fingerprint density at radius 2 is 1.59 bits per heavy atom. The summed E-state index contributed by atoms with van der Waals surface area (Å²) in [6.07, 6.45) is 0.514. The molecule has 0 radical (unpaired) electrons. The van der Waals surface area contributed by atoms with Crippen LogP contribution in [0.15, 0.2) is 72.8 Å². The van der Waals surface area contributed by atoms with Crippen LogP contribution in [0.5, 0.6) is 0 Å². The van der Waals surface area contributed by atoms with Crippen LogP contribution in [-0.4, -0.2) is 34.4 Å². The third-order valence-electron chi connectivity index (χ3n) is 6.02. The second-order valence-corrected chi connectivity index (χ2v) is 8.05. The van der Waals surface area contributed by atoms with Crippen molar-refractivity contribution < 1.29 is 19.2 Å². The summed E-state index contributed by atoms with van der Waals surface area (Å²) in [5.74, 6) is -1.14. The number of piperidine rings is 1. The molecular weight excluding hydrogens is 404 g/mol. The highest BCUT2D eigenvalue weighted by molar-refractivity contribution is 6.11. The summed E-state index contributed by atoms with van der Waals surface area (Å²) in [6.45, 7) is 0.242. The molecule has 3 aromatic rings. The van der Waals surface area contributed by atoms with Gasteiger partial charge in [0, 0.05) is 29.7 Å². The maximum atomic E-state index is 13.2. The minimum atomic E-state index is -0.672. The normalized spacial score (nSPS) is 17.8. The monoisotopic (exact) mass is 424 g/mol. The molecule has 0 aliphatic carbocycles. The summed E-state index contributed by atoms with van der Waals surface area (Å²) < 4.78 is 0. The largest absolute Gasteiger partial charge is 0.322 e. The summed E-state index contributed by atoms with van der Waals surface area (Å²) in [5.41, 5.74) is 4.25. The molecule has 0 bridgehead atoms. The number of imide groups is 1. The first-order valence-corrected chi connectivity index (χ1v) is 10.5. The number of ketones is 1. The molecule has 1 fully saturated rings. The van der Waals surface area contributed by atoms with Gasteiger partial charge in [0.25, 0.3) is 5.91 Å². The molecule has 32 heavy (non-hydrogen) atoms. The molecule has 0 spiro atoms. The van der Waals surface area contributed by atoms with Gasteiger partial charge in [-0.25, -0.2) is 0 Å². The number of nitrogens with one attached hydrogen (secondary N) is 1. The molecule has 0 saturated carbocycles. The fraction of sp³-hybridized carbons (Fsp3) is 0.154. The van der Waals surface area contributed by atoms with Crippen LogP contribution < -0.4 is 5.32 Å². The summed E-state index contributed by atoms with van der Waals surface area (Å²) >= 11 is 0. The van der Waals surface area contributed by atoms with Gasteiger partial charge < -0.3 is 4.90 Å². The molecule has 5 rings (SSSR count). The Balaban J connectivity index is 1.40. The second-order valence-electron chi connectivity index (χ2n) is 8.05. The Hall–Kier alpha value is -4.06. The number of amides is 3. The molecule has 158 valence electrons. The molecule has 2 aliphatic rings. The first-order chi connectivity index (χ1) is 15.5. The molecule has 1 atom stereocenters. The van der Waals surface area contributed by atoms with Gasteiger partial charge in [-0.15, -0.1) is 0 Å². The van der Waals surface area contributed by atoms with E-state index in [0.717, 1.165) is 11.1 Å². The topological polar surface area (TPSA) is 83.6 Å². The number of hydrogen-bond acceptors (Lipinski definition) is 4. The van der Waals surface area contributed by atoms with Crippen LogP contribution in [-0.2, 0) is 16.1 Å². The van der Waals surface area contributed by atoms with E-state index in [-0.39, 0.29) is 30.6 Å². The Bertz CT molecular complexity index is 1270. The number of rotatable bonds is 4. The molecule has 0 aromatic heterocycles. The lowest BCUT2D eigenvalue weighted by atomic mass is 9.96. The van der Waals surface area contributed by atoms with E-state index in [2.05, 4.69) is 5.32 Å². The lowest BCUT2D eigenvalue weighted by molar-refractivity contribution is -0.136. The quantitative estimate of drug-likeness (QED) is 0.514. The van der Waals surface area contributed by atoms with Crippen LogP contribution >= 0.6 is 0 Å². The van der Waals surface area contributed by atoms with E-state index in [9.17, 15) is 19.2 Å². The lowest BCUT2D eigenvalue weighted by Crippen LogP contribution is -2.52. The van der Waals surface area contributed by atoms with Crippen molar-refractivity contribution in [2.24, 2.45) is 0 Å². The van der Waals surface area contributed by atoms with Gasteiger partial charge in [-0.05, 0) is 41.3 Å². The van der Waals surface area contributed by atoms with E-state index < -0.39 is 11.9 Å². The van der Waals surface area contributed by atoms with Crippen molar-refractivity contribution in [2.45, 2.75) is 25.4 Å². The molecule has 3 aromatic carbocycles. The third kappa shape index (κ3) is 3.50. The van der Waals surface area contributed by atoms with E-state index in [0.29, 0.717) is 28.7 Å². The van der Waals surface area contributed by atoms with E-state index in [1.54, 1.807) is 24.3 Å². The fourth-order valence-electron chi connectivity index (χ4n) is 4.35. The van der Waals surface area contributed by atoms with Gasteiger partial charge in [0.15, 0.2) is 5.78 Å². The van der Waals surface area contributed by atoms with Gasteiger partial charge in [0.2, 0.25) is 11.8 Å². The first-order valence-electron chi connectivity index (χ1n) is 10.5. The summed E-state index contributed by atoms with van der Waals surface area (Å²) in [4.78, 5) is 51.2. The van der Waals surface area contributed by atoms with Crippen LogP contribution in [0.2, 0.25) is 0 Å². The molecule has 1 saturated heterocycles. The third-order valence-corrected chi connectivity index (χ3v) is 6.02. The number of nitrogens with zero attached hydrogens (tertiary/aromatic N) is 1. The summed E-state index contributed by atoms with van der Waals surface area (Å²) in [5, 5.41) is 2.30. The Kier molecular flexibility index (Phi) is 4.90. The molecule has 6 nitrogen and oxygen atoms in total. The zero-order valence-electron chi connectivity index (χ0n) is 17.2. The van der Waals surface area contributed by atoms with Crippen LogP contribution in [0.1, 0.15) is 44.7 Å². The van der Waals surface area contributed by atoms with Gasteiger partial charge in [-0.2, -0.15) is 0 Å². The zero-order valence-corrected chi connectivity index (χ0v) is 17.2. The molecule has 1 unspecified atom stereocenters. The number of benzene rings is 3. The Morgan fingerprint density at radius 1 is 0.844 bits per heavy atom. The van der Waals surface area contributed by atoms with E-state index in [1.165, 1.54) is 4.90 Å². The molecule has 6 heteroatoms. The van der Waals surface area contributed by atoms with Crippen LogP contribution in [0.4, 0.5) is 0 Å². The van der Waals surface area contributed by atoms with Crippen LogP contribution in [0.3, 0.4) is 0 Å². The lowest BCUT2D eigenvalue weighted by Gasteiger charge is -2.29. The van der Waals surface area contributed by atoms with Crippen molar-refractivity contribution in [3.05, 3.63) is 95.1 Å². The van der Waals surface area contributed by atoms with Crippen molar-refractivity contribution in [2.75, 3.05) is 0 Å². The minimum absolute atomic E-state index is 0.127. The minimum Gasteiger partial charge on any atom is -0.322 e. The second kappa shape index (κ2) is 7.89. The number of fused-ring (bicyclic) bond motifs is 1. The Labute approximate surface area is 184 Å². The van der Waals surface area contributed by atoms with Crippen molar-refractivity contribution in [3.8, 4) is 11.1 Å². The molecule has 2 heterocycles. The smallest absolute Gasteiger partial charge is 0.255 e. The van der Waals surface area contributed by atoms with Crippen molar-refractivity contribution >= 4 is 23.5 Å². The highest BCUT2D eigenvalue weighted by Crippen LogP contribution is 2.29. The summed E-state index contributed by atoms with van der Waals surface area (Å²) in [7, 11) is 0. The maximum absolute atomic E-state index is 13.2. The maximum Gasteiger partial charge on any atom is 0.255 e. The van der Waals surface area contributed by atoms with Gasteiger partial charge >= 0.3 is 0 Å².